The molecule has 2 N–H and O–H groups in total. The number of Topliss-reactive ketones (excluding diaryl/α,β-unsaturated/α-hetero) is 1. The maximum atomic E-state index is 11.8. The summed E-state index contributed by atoms with van der Waals surface area (Å²) < 4.78 is 5.44. The van der Waals surface area contributed by atoms with Gasteiger partial charge in [-0.3, -0.25) is 4.79 Å². The molecule has 4 heteroatoms. The van der Waals surface area contributed by atoms with E-state index >= 15 is 0 Å². The largest absolute Gasteiger partial charge is 0.493 e. The van der Waals surface area contributed by atoms with Gasteiger partial charge in [0.25, 0.3) is 0 Å². The molecule has 1 heterocycles. The highest BCUT2D eigenvalue weighted by Crippen LogP contribution is 2.24. The van der Waals surface area contributed by atoms with Gasteiger partial charge < -0.3 is 10.5 Å². The molecule has 1 atom stereocenters. The van der Waals surface area contributed by atoms with E-state index in [1.54, 1.807) is 0 Å². The fourth-order valence-electron chi connectivity index (χ4n) is 1.59. The van der Waals surface area contributed by atoms with Crippen molar-refractivity contribution in [1.82, 2.24) is 0 Å². The summed E-state index contributed by atoms with van der Waals surface area (Å²) in [6.07, 6.45) is 0.590. The van der Waals surface area contributed by atoms with Crippen molar-refractivity contribution in [3.63, 3.8) is 0 Å². The van der Waals surface area contributed by atoms with Gasteiger partial charge >= 0.3 is 0 Å². The topological polar surface area (TPSA) is 52.3 Å². The fourth-order valence-corrected chi connectivity index (χ4v) is 1.59. The third-order valence-electron chi connectivity index (χ3n) is 2.42. The Bertz CT molecular complexity index is 379. The van der Waals surface area contributed by atoms with E-state index in [4.69, 9.17) is 10.5 Å². The van der Waals surface area contributed by atoms with Crippen molar-refractivity contribution in [3.8, 4) is 5.75 Å². The molecule has 0 radical (unpaired) electrons. The summed E-state index contributed by atoms with van der Waals surface area (Å²) in [6, 6.07) is 5.19. The lowest BCUT2D eigenvalue weighted by atomic mass is 10.0. The maximum Gasteiger partial charge on any atom is 0.183 e. The van der Waals surface area contributed by atoms with E-state index in [2.05, 4.69) is 0 Å². The Hall–Kier alpha value is -1.06. The Morgan fingerprint density at radius 1 is 1.47 bits per heavy atom. The smallest absolute Gasteiger partial charge is 0.183 e. The van der Waals surface area contributed by atoms with E-state index in [1.807, 2.05) is 25.1 Å². The van der Waals surface area contributed by atoms with Crippen molar-refractivity contribution >= 4 is 18.2 Å². The van der Waals surface area contributed by atoms with E-state index < -0.39 is 6.04 Å². The summed E-state index contributed by atoms with van der Waals surface area (Å²) in [5.41, 5.74) is 7.38. The lowest BCUT2D eigenvalue weighted by Gasteiger charge is -2.06. The van der Waals surface area contributed by atoms with Gasteiger partial charge in [0.2, 0.25) is 0 Å². The Morgan fingerprint density at radius 2 is 2.20 bits per heavy atom. The number of fused-ring (bicyclic) bond motifs is 1. The summed E-state index contributed by atoms with van der Waals surface area (Å²) in [5, 5.41) is 0. The minimum Gasteiger partial charge on any atom is -0.493 e. The van der Waals surface area contributed by atoms with Crippen LogP contribution in [-0.2, 0) is 0 Å². The predicted octanol–water partition coefficient (Wildman–Crippen LogP) is 1.71. The molecule has 0 bridgehead atoms. The highest BCUT2D eigenvalue weighted by atomic mass is 35.5. The van der Waals surface area contributed by atoms with Crippen LogP contribution in [0.2, 0.25) is 0 Å². The van der Waals surface area contributed by atoms with Crippen molar-refractivity contribution < 1.29 is 9.53 Å². The average molecular weight is 228 g/mol. The van der Waals surface area contributed by atoms with Gasteiger partial charge in [-0.1, -0.05) is 11.6 Å². The quantitative estimate of drug-likeness (QED) is 0.734. The van der Waals surface area contributed by atoms with Crippen LogP contribution >= 0.6 is 12.4 Å². The molecule has 0 aliphatic carbocycles. The van der Waals surface area contributed by atoms with Gasteiger partial charge in [-0.05, 0) is 19.1 Å². The molecule has 0 saturated carbocycles. The molecule has 0 amide bonds. The first kappa shape index (κ1) is 12.0. The van der Waals surface area contributed by atoms with Gasteiger partial charge in [0, 0.05) is 6.42 Å². The molecule has 82 valence electrons. The number of nitrogens with two attached hydrogens (primary N) is 1. The van der Waals surface area contributed by atoms with Crippen LogP contribution in [0.25, 0.3) is 0 Å². The molecule has 0 fully saturated rings. The highest BCUT2D eigenvalue weighted by Gasteiger charge is 2.23. The molecular weight excluding hydrogens is 214 g/mol. The first-order valence-electron chi connectivity index (χ1n) is 4.72. The fraction of sp³-hybridized carbons (Fsp3) is 0.364. The Kier molecular flexibility index (Phi) is 3.72. The molecule has 0 aromatic heterocycles. The molecule has 1 aliphatic heterocycles. The van der Waals surface area contributed by atoms with E-state index in [9.17, 15) is 4.79 Å². The lowest BCUT2D eigenvalue weighted by Crippen LogP contribution is -2.30. The van der Waals surface area contributed by atoms with E-state index in [0.29, 0.717) is 24.3 Å². The number of hydrogen-bond donors (Lipinski definition) is 1. The molecule has 2 rings (SSSR count). The Balaban J connectivity index is 0.00000112. The third-order valence-corrected chi connectivity index (χ3v) is 2.42. The number of aryl methyl sites for hydroxylation is 1. The first-order valence-corrected chi connectivity index (χ1v) is 4.72. The van der Waals surface area contributed by atoms with Crippen LogP contribution in [0.3, 0.4) is 0 Å². The second-order valence-electron chi connectivity index (χ2n) is 3.61. The lowest BCUT2D eigenvalue weighted by molar-refractivity contribution is 0.0960. The van der Waals surface area contributed by atoms with Gasteiger partial charge in [-0.15, -0.1) is 12.4 Å². The zero-order chi connectivity index (χ0) is 10.1. The van der Waals surface area contributed by atoms with Crippen LogP contribution in [0.4, 0.5) is 0 Å². The number of benzene rings is 1. The number of hydrogen-bond acceptors (Lipinski definition) is 3. The average Bonchev–Trinajstić information content (AvgIpc) is 2.30. The minimum absolute atomic E-state index is 0. The standard InChI is InChI=1S/C11H13NO2.ClH/c1-7-2-3-10-8(6-7)11(13)9(12)4-5-14-10;/h2-3,6,9H,4-5,12H2,1H3;1H. The summed E-state index contributed by atoms with van der Waals surface area (Å²) >= 11 is 0. The van der Waals surface area contributed by atoms with Crippen LogP contribution in [0.5, 0.6) is 5.75 Å². The molecule has 3 nitrogen and oxygen atoms in total. The third kappa shape index (κ3) is 2.30. The number of halogens is 1. The van der Waals surface area contributed by atoms with Crippen LogP contribution in [-0.4, -0.2) is 18.4 Å². The van der Waals surface area contributed by atoms with Crippen molar-refractivity contribution in [1.29, 1.82) is 0 Å². The monoisotopic (exact) mass is 227 g/mol. The molecule has 15 heavy (non-hydrogen) atoms. The Labute approximate surface area is 95.0 Å². The van der Waals surface area contributed by atoms with Gasteiger partial charge in [0.1, 0.15) is 5.75 Å². The van der Waals surface area contributed by atoms with E-state index in [1.165, 1.54) is 0 Å². The SMILES string of the molecule is Cc1ccc2c(c1)C(=O)C(N)CCO2.Cl. The van der Waals surface area contributed by atoms with Crippen LogP contribution in [0, 0.1) is 6.92 Å². The molecule has 0 saturated heterocycles. The normalized spacial score (nSPS) is 19.6. The molecular formula is C11H14ClNO2. The molecule has 0 spiro atoms. The second kappa shape index (κ2) is 4.64. The zero-order valence-electron chi connectivity index (χ0n) is 8.53. The van der Waals surface area contributed by atoms with Crippen molar-refractivity contribution in [2.75, 3.05) is 6.61 Å². The van der Waals surface area contributed by atoms with Gasteiger partial charge in [0.05, 0.1) is 18.2 Å². The minimum atomic E-state index is -0.418. The first-order chi connectivity index (χ1) is 6.68. The zero-order valence-corrected chi connectivity index (χ0v) is 9.34. The van der Waals surface area contributed by atoms with Crippen molar-refractivity contribution in [3.05, 3.63) is 29.3 Å². The van der Waals surface area contributed by atoms with Crippen LogP contribution in [0.15, 0.2) is 18.2 Å². The van der Waals surface area contributed by atoms with Crippen molar-refractivity contribution in [2.45, 2.75) is 19.4 Å². The maximum absolute atomic E-state index is 11.8. The van der Waals surface area contributed by atoms with Gasteiger partial charge in [-0.2, -0.15) is 0 Å². The van der Waals surface area contributed by atoms with Gasteiger partial charge in [-0.25, -0.2) is 0 Å². The number of ketones is 1. The number of carbonyl (C=O) groups is 1. The summed E-state index contributed by atoms with van der Waals surface area (Å²) in [6.45, 7) is 2.47. The summed E-state index contributed by atoms with van der Waals surface area (Å²) in [5.74, 6) is 0.648. The number of carbonyl (C=O) groups excluding carboxylic acids is 1. The van der Waals surface area contributed by atoms with E-state index in [-0.39, 0.29) is 18.2 Å². The number of ether oxygens (including phenoxy) is 1. The van der Waals surface area contributed by atoms with Gasteiger partial charge in [0.15, 0.2) is 5.78 Å². The second-order valence-corrected chi connectivity index (χ2v) is 3.61. The highest BCUT2D eigenvalue weighted by molar-refractivity contribution is 6.02. The molecule has 1 aromatic carbocycles. The molecule has 1 unspecified atom stereocenters. The summed E-state index contributed by atoms with van der Waals surface area (Å²) in [4.78, 5) is 11.8. The Morgan fingerprint density at radius 3 is 2.93 bits per heavy atom. The molecule has 1 aliphatic rings. The summed E-state index contributed by atoms with van der Waals surface area (Å²) in [7, 11) is 0. The number of rotatable bonds is 0. The van der Waals surface area contributed by atoms with Crippen LogP contribution in [0.1, 0.15) is 22.3 Å². The molecule has 1 aromatic rings. The van der Waals surface area contributed by atoms with Crippen molar-refractivity contribution in [2.24, 2.45) is 5.73 Å². The predicted molar refractivity (Wildman–Crippen MR) is 60.8 cm³/mol. The van der Waals surface area contributed by atoms with Crippen LogP contribution < -0.4 is 10.5 Å². The van der Waals surface area contributed by atoms with E-state index in [0.717, 1.165) is 5.56 Å².